The second kappa shape index (κ2) is 6.44. The molecule has 0 saturated heterocycles. The van der Waals surface area contributed by atoms with E-state index >= 15 is 0 Å². The van der Waals surface area contributed by atoms with Gasteiger partial charge < -0.3 is 0 Å². The van der Waals surface area contributed by atoms with E-state index in [0.717, 1.165) is 0 Å². The molecule has 3 aromatic rings. The molecule has 0 aliphatic heterocycles. The van der Waals surface area contributed by atoms with Gasteiger partial charge >= 0.3 is 0 Å². The Morgan fingerprint density at radius 2 is 1.00 bits per heavy atom. The summed E-state index contributed by atoms with van der Waals surface area (Å²) in [5, 5.41) is 0. The number of nitrogens with zero attached hydrogens (tertiary/aromatic N) is 2. The van der Waals surface area contributed by atoms with Gasteiger partial charge in [-0.1, -0.05) is 6.07 Å². The van der Waals surface area contributed by atoms with Gasteiger partial charge in [0, 0.05) is 23.3 Å². The summed E-state index contributed by atoms with van der Waals surface area (Å²) in [6.07, 6.45) is 4.27. The van der Waals surface area contributed by atoms with Crippen molar-refractivity contribution >= 4 is 0 Å². The van der Waals surface area contributed by atoms with Crippen LogP contribution >= 0.6 is 0 Å². The van der Waals surface area contributed by atoms with Gasteiger partial charge in [-0.15, -0.1) is 0 Å². The van der Waals surface area contributed by atoms with E-state index in [2.05, 4.69) is 101 Å². The molecule has 0 atom stereocenters. The highest BCUT2D eigenvalue weighted by Crippen LogP contribution is 2.36. The molecule has 0 bridgehead atoms. The molecule has 2 heteroatoms. The minimum Gasteiger partial charge on any atom is -0.201 e. The van der Waals surface area contributed by atoms with Crippen LogP contribution in [-0.4, -0.2) is 0 Å². The number of benzene rings is 1. The van der Waals surface area contributed by atoms with Crippen molar-refractivity contribution in [3.05, 3.63) is 70.5 Å². The Bertz CT molecular complexity index is 852. The van der Waals surface area contributed by atoms with Gasteiger partial charge in [0.05, 0.1) is 11.1 Å². The molecule has 2 nitrogen and oxygen atoms in total. The molecular formula is C23H28N2+2. The minimum atomic E-state index is 1.30. The molecule has 0 spiro atoms. The van der Waals surface area contributed by atoms with Gasteiger partial charge in [-0.05, 0) is 63.4 Å². The summed E-state index contributed by atoms with van der Waals surface area (Å²) >= 11 is 0. The molecule has 0 unspecified atom stereocenters. The summed E-state index contributed by atoms with van der Waals surface area (Å²) in [5.41, 5.74) is 11.9. The van der Waals surface area contributed by atoms with E-state index in [-0.39, 0.29) is 0 Å². The van der Waals surface area contributed by atoms with Crippen LogP contribution in [0.2, 0.25) is 0 Å². The molecule has 2 heterocycles. The molecule has 0 aliphatic carbocycles. The third-order valence-electron chi connectivity index (χ3n) is 5.21. The number of rotatable bonds is 2. The second-order valence-corrected chi connectivity index (χ2v) is 7.19. The average Bonchev–Trinajstić information content (AvgIpc) is 2.52. The zero-order chi connectivity index (χ0) is 18.3. The lowest BCUT2D eigenvalue weighted by Gasteiger charge is -2.17. The fourth-order valence-electron chi connectivity index (χ4n) is 4.16. The SMILES string of the molecule is Cc1cc(C)c(-c2c(C)ccc[n+]2C)c(C)c1-c1c(C)ccc[n+]1C. The van der Waals surface area contributed by atoms with Gasteiger partial charge in [-0.25, -0.2) is 9.13 Å². The summed E-state index contributed by atoms with van der Waals surface area (Å²) in [7, 11) is 4.27. The quantitative estimate of drug-likeness (QED) is 0.621. The zero-order valence-corrected chi connectivity index (χ0v) is 16.4. The molecule has 0 saturated carbocycles. The zero-order valence-electron chi connectivity index (χ0n) is 16.4. The van der Waals surface area contributed by atoms with Crippen molar-refractivity contribution < 1.29 is 9.13 Å². The van der Waals surface area contributed by atoms with Crippen LogP contribution in [0.1, 0.15) is 27.8 Å². The summed E-state index contributed by atoms with van der Waals surface area (Å²) in [5.74, 6) is 0. The number of aromatic nitrogens is 2. The van der Waals surface area contributed by atoms with E-state index in [0.29, 0.717) is 0 Å². The minimum absolute atomic E-state index is 1.30. The van der Waals surface area contributed by atoms with Crippen molar-refractivity contribution in [2.45, 2.75) is 34.6 Å². The van der Waals surface area contributed by atoms with E-state index in [9.17, 15) is 0 Å². The van der Waals surface area contributed by atoms with Crippen LogP contribution in [0.5, 0.6) is 0 Å². The number of pyridine rings is 2. The predicted molar refractivity (Wildman–Crippen MR) is 103 cm³/mol. The molecule has 3 rings (SSSR count). The normalized spacial score (nSPS) is 11.0. The second-order valence-electron chi connectivity index (χ2n) is 7.19. The van der Waals surface area contributed by atoms with Crippen LogP contribution in [0, 0.1) is 34.6 Å². The molecule has 25 heavy (non-hydrogen) atoms. The van der Waals surface area contributed by atoms with Crippen molar-refractivity contribution in [1.29, 1.82) is 0 Å². The van der Waals surface area contributed by atoms with Gasteiger partial charge in [0.25, 0.3) is 0 Å². The fourth-order valence-corrected chi connectivity index (χ4v) is 4.16. The van der Waals surface area contributed by atoms with Gasteiger partial charge in [-0.2, -0.15) is 0 Å². The van der Waals surface area contributed by atoms with Crippen molar-refractivity contribution in [3.63, 3.8) is 0 Å². The first-order valence-electron chi connectivity index (χ1n) is 8.85. The maximum Gasteiger partial charge on any atom is 0.215 e. The molecule has 2 aromatic heterocycles. The van der Waals surface area contributed by atoms with E-state index in [4.69, 9.17) is 0 Å². The Balaban J connectivity index is 2.42. The standard InChI is InChI=1S/C23H28N2/c1-15-10-8-12-24(6)22(15)20-17(3)14-18(4)21(19(20)5)23-16(2)11-9-13-25(23)7/h8-14H,1-7H3/q+2. The Morgan fingerprint density at radius 1 is 0.600 bits per heavy atom. The predicted octanol–water partition coefficient (Wildman–Crippen LogP) is 4.21. The summed E-state index contributed by atoms with van der Waals surface area (Å²) in [6.45, 7) is 11.1. The largest absolute Gasteiger partial charge is 0.215 e. The van der Waals surface area contributed by atoms with Gasteiger partial charge in [0.2, 0.25) is 11.4 Å². The highest BCUT2D eigenvalue weighted by atomic mass is 14.9. The van der Waals surface area contributed by atoms with Gasteiger partial charge in [-0.3, -0.25) is 0 Å². The topological polar surface area (TPSA) is 7.76 Å². The number of aryl methyl sites for hydroxylation is 6. The molecule has 0 amide bonds. The van der Waals surface area contributed by atoms with E-state index in [1.165, 1.54) is 50.3 Å². The highest BCUT2D eigenvalue weighted by molar-refractivity contribution is 5.80. The monoisotopic (exact) mass is 332 g/mol. The number of hydrogen-bond acceptors (Lipinski definition) is 0. The highest BCUT2D eigenvalue weighted by Gasteiger charge is 2.25. The maximum absolute atomic E-state index is 2.33. The first kappa shape index (κ1) is 17.3. The smallest absolute Gasteiger partial charge is 0.201 e. The lowest BCUT2D eigenvalue weighted by molar-refractivity contribution is -0.661. The summed E-state index contributed by atoms with van der Waals surface area (Å²) in [4.78, 5) is 0. The first-order valence-corrected chi connectivity index (χ1v) is 8.85. The van der Waals surface area contributed by atoms with Crippen molar-refractivity contribution in [1.82, 2.24) is 0 Å². The summed E-state index contributed by atoms with van der Waals surface area (Å²) < 4.78 is 4.48. The molecule has 0 radical (unpaired) electrons. The first-order chi connectivity index (χ1) is 11.8. The lowest BCUT2D eigenvalue weighted by atomic mass is 9.87. The van der Waals surface area contributed by atoms with Crippen LogP contribution in [0.15, 0.2) is 42.7 Å². The molecule has 0 fully saturated rings. The number of hydrogen-bond donors (Lipinski definition) is 0. The van der Waals surface area contributed by atoms with Crippen molar-refractivity contribution in [2.75, 3.05) is 0 Å². The van der Waals surface area contributed by atoms with E-state index < -0.39 is 0 Å². The molecular weight excluding hydrogens is 304 g/mol. The third kappa shape index (κ3) is 2.86. The fraction of sp³-hybridized carbons (Fsp3) is 0.304. The van der Waals surface area contributed by atoms with Gasteiger partial charge in [0.15, 0.2) is 12.4 Å². The summed E-state index contributed by atoms with van der Waals surface area (Å²) in [6, 6.07) is 10.9. The van der Waals surface area contributed by atoms with E-state index in [1.54, 1.807) is 0 Å². The van der Waals surface area contributed by atoms with Crippen molar-refractivity contribution in [2.24, 2.45) is 14.1 Å². The third-order valence-corrected chi connectivity index (χ3v) is 5.21. The van der Waals surface area contributed by atoms with Crippen LogP contribution in [0.4, 0.5) is 0 Å². The Labute approximate surface area is 151 Å². The molecule has 1 aromatic carbocycles. The van der Waals surface area contributed by atoms with Gasteiger partial charge in [0.1, 0.15) is 14.1 Å². The van der Waals surface area contributed by atoms with Crippen LogP contribution < -0.4 is 9.13 Å². The Hall–Kier alpha value is -2.48. The Kier molecular flexibility index (Phi) is 4.47. The van der Waals surface area contributed by atoms with Crippen molar-refractivity contribution in [3.8, 4) is 22.5 Å². The molecule has 0 aliphatic rings. The van der Waals surface area contributed by atoms with Crippen LogP contribution in [-0.2, 0) is 14.1 Å². The van der Waals surface area contributed by atoms with E-state index in [1.807, 2.05) is 0 Å². The molecule has 128 valence electrons. The van der Waals surface area contributed by atoms with Crippen LogP contribution in [0.3, 0.4) is 0 Å². The Morgan fingerprint density at radius 3 is 1.36 bits per heavy atom. The lowest BCUT2D eigenvalue weighted by Crippen LogP contribution is -2.33. The average molecular weight is 332 g/mol. The van der Waals surface area contributed by atoms with Crippen LogP contribution in [0.25, 0.3) is 22.5 Å². The maximum atomic E-state index is 2.33. The molecule has 0 N–H and O–H groups in total.